The third-order valence-electron chi connectivity index (χ3n) is 2.39. The van der Waals surface area contributed by atoms with Gasteiger partial charge in [0.2, 0.25) is 0 Å². The number of nitrogens with two attached hydrogens (primary N) is 1. The van der Waals surface area contributed by atoms with Gasteiger partial charge in [-0.05, 0) is 19.3 Å². The first-order chi connectivity index (χ1) is 8.08. The van der Waals surface area contributed by atoms with Gasteiger partial charge in [0, 0.05) is 12.5 Å². The van der Waals surface area contributed by atoms with E-state index in [0.717, 1.165) is 6.42 Å². The van der Waals surface area contributed by atoms with E-state index in [0.29, 0.717) is 24.9 Å². The van der Waals surface area contributed by atoms with Crippen LogP contribution in [0.3, 0.4) is 0 Å². The number of H-pyrrole nitrogens is 1. The zero-order valence-corrected chi connectivity index (χ0v) is 10.6. The second-order valence-electron chi connectivity index (χ2n) is 4.33. The van der Waals surface area contributed by atoms with Gasteiger partial charge in [0.25, 0.3) is 5.82 Å². The molecule has 0 radical (unpaired) electrons. The van der Waals surface area contributed by atoms with E-state index in [4.69, 9.17) is 10.5 Å². The molecule has 3 N–H and O–H groups in total. The molecule has 0 aliphatic carbocycles. The summed E-state index contributed by atoms with van der Waals surface area (Å²) in [5, 5.41) is 6.60. The molecular formula is C11H20N4O2. The molecule has 0 amide bonds. The molecule has 17 heavy (non-hydrogen) atoms. The molecule has 1 atom stereocenters. The maximum Gasteiger partial charge on any atom is 0.378 e. The molecule has 0 aliphatic heterocycles. The molecule has 1 unspecified atom stereocenters. The van der Waals surface area contributed by atoms with E-state index in [2.05, 4.69) is 29.0 Å². The van der Waals surface area contributed by atoms with E-state index < -0.39 is 5.97 Å². The number of nitrogens with zero attached hydrogens (tertiary/aromatic N) is 2. The number of rotatable bonds is 6. The van der Waals surface area contributed by atoms with Crippen LogP contribution < -0.4 is 5.73 Å². The summed E-state index contributed by atoms with van der Waals surface area (Å²) in [6.07, 6.45) is 0.911. The third kappa shape index (κ3) is 3.81. The van der Waals surface area contributed by atoms with Crippen LogP contribution in [-0.4, -0.2) is 34.3 Å². The summed E-state index contributed by atoms with van der Waals surface area (Å²) in [4.78, 5) is 15.5. The minimum absolute atomic E-state index is 0.0732. The Labute approximate surface area is 101 Å². The number of esters is 1. The van der Waals surface area contributed by atoms with Crippen LogP contribution in [0, 0.1) is 5.92 Å². The molecule has 0 spiro atoms. The predicted molar refractivity (Wildman–Crippen MR) is 63.6 cm³/mol. The van der Waals surface area contributed by atoms with Gasteiger partial charge < -0.3 is 10.5 Å². The van der Waals surface area contributed by atoms with E-state index in [1.54, 1.807) is 6.92 Å². The van der Waals surface area contributed by atoms with Crippen LogP contribution in [0.15, 0.2) is 0 Å². The van der Waals surface area contributed by atoms with Gasteiger partial charge in [-0.3, -0.25) is 5.10 Å². The fourth-order valence-electron chi connectivity index (χ4n) is 1.63. The standard InChI is InChI=1S/C11H20N4O2/c1-4-17-11(16)10-13-9(14-15-10)8(6-12)5-7(2)3/h7-8H,4-6,12H2,1-3H3,(H,13,14,15). The van der Waals surface area contributed by atoms with Crippen LogP contribution in [0.5, 0.6) is 0 Å². The minimum atomic E-state index is -0.504. The summed E-state index contributed by atoms with van der Waals surface area (Å²) in [5.74, 6) is 0.842. The van der Waals surface area contributed by atoms with Gasteiger partial charge in [-0.2, -0.15) is 0 Å². The van der Waals surface area contributed by atoms with E-state index >= 15 is 0 Å². The Kier molecular flexibility index (Phi) is 5.09. The van der Waals surface area contributed by atoms with Crippen molar-refractivity contribution in [3.63, 3.8) is 0 Å². The number of aromatic amines is 1. The summed E-state index contributed by atoms with van der Waals surface area (Å²) in [7, 11) is 0. The van der Waals surface area contributed by atoms with Crippen molar-refractivity contribution in [3.8, 4) is 0 Å². The second-order valence-corrected chi connectivity index (χ2v) is 4.33. The highest BCUT2D eigenvalue weighted by Gasteiger charge is 2.19. The lowest BCUT2D eigenvalue weighted by Crippen LogP contribution is -2.16. The molecule has 1 aromatic heterocycles. The molecule has 1 aromatic rings. The average molecular weight is 240 g/mol. The second kappa shape index (κ2) is 6.34. The van der Waals surface area contributed by atoms with Crippen molar-refractivity contribution in [1.29, 1.82) is 0 Å². The van der Waals surface area contributed by atoms with Gasteiger partial charge in [-0.25, -0.2) is 9.78 Å². The topological polar surface area (TPSA) is 93.9 Å². The molecule has 0 saturated carbocycles. The quantitative estimate of drug-likeness (QED) is 0.725. The molecule has 1 heterocycles. The van der Waals surface area contributed by atoms with Gasteiger partial charge in [-0.15, -0.1) is 5.10 Å². The molecule has 6 heteroatoms. The molecule has 96 valence electrons. The van der Waals surface area contributed by atoms with Crippen LogP contribution in [0.1, 0.15) is 49.6 Å². The largest absolute Gasteiger partial charge is 0.460 e. The zero-order valence-electron chi connectivity index (χ0n) is 10.6. The first-order valence-corrected chi connectivity index (χ1v) is 5.87. The molecule has 0 aliphatic rings. The van der Waals surface area contributed by atoms with Crippen LogP contribution in [0.2, 0.25) is 0 Å². The van der Waals surface area contributed by atoms with Crippen LogP contribution in [0.4, 0.5) is 0 Å². The molecule has 0 saturated heterocycles. The Morgan fingerprint density at radius 2 is 2.24 bits per heavy atom. The SMILES string of the molecule is CCOC(=O)c1n[nH]c(C(CN)CC(C)C)n1. The Bertz CT molecular complexity index is 362. The van der Waals surface area contributed by atoms with E-state index in [1.165, 1.54) is 0 Å². The van der Waals surface area contributed by atoms with Crippen molar-refractivity contribution < 1.29 is 9.53 Å². The van der Waals surface area contributed by atoms with Crippen molar-refractivity contribution in [2.45, 2.75) is 33.1 Å². The Morgan fingerprint density at radius 3 is 2.76 bits per heavy atom. The van der Waals surface area contributed by atoms with Gasteiger partial charge in [0.05, 0.1) is 6.61 Å². The maximum atomic E-state index is 11.4. The first-order valence-electron chi connectivity index (χ1n) is 5.87. The normalized spacial score (nSPS) is 12.8. The lowest BCUT2D eigenvalue weighted by Gasteiger charge is -2.13. The summed E-state index contributed by atoms with van der Waals surface area (Å²) < 4.78 is 4.82. The first kappa shape index (κ1) is 13.6. The third-order valence-corrected chi connectivity index (χ3v) is 2.39. The number of carbonyl (C=O) groups excluding carboxylic acids is 1. The number of hydrogen-bond donors (Lipinski definition) is 2. The lowest BCUT2D eigenvalue weighted by molar-refractivity contribution is 0.0512. The highest BCUT2D eigenvalue weighted by Crippen LogP contribution is 2.19. The minimum Gasteiger partial charge on any atom is -0.460 e. The average Bonchev–Trinajstić information content (AvgIpc) is 2.75. The predicted octanol–water partition coefficient (Wildman–Crippen LogP) is 1.07. The molecule has 0 fully saturated rings. The van der Waals surface area contributed by atoms with Crippen molar-refractivity contribution in [2.75, 3.05) is 13.2 Å². The van der Waals surface area contributed by atoms with Gasteiger partial charge in [0.15, 0.2) is 0 Å². The molecular weight excluding hydrogens is 220 g/mol. The van der Waals surface area contributed by atoms with E-state index in [9.17, 15) is 4.79 Å². The Hall–Kier alpha value is -1.43. The highest BCUT2D eigenvalue weighted by molar-refractivity contribution is 5.84. The van der Waals surface area contributed by atoms with Crippen LogP contribution >= 0.6 is 0 Å². The number of hydrogen-bond acceptors (Lipinski definition) is 5. The van der Waals surface area contributed by atoms with Crippen LogP contribution in [0.25, 0.3) is 0 Å². The molecule has 0 aromatic carbocycles. The molecule has 0 bridgehead atoms. The lowest BCUT2D eigenvalue weighted by atomic mass is 9.97. The van der Waals surface area contributed by atoms with Crippen molar-refractivity contribution in [1.82, 2.24) is 15.2 Å². The Balaban J connectivity index is 2.74. The van der Waals surface area contributed by atoms with E-state index in [1.807, 2.05) is 0 Å². The highest BCUT2D eigenvalue weighted by atomic mass is 16.5. The number of ether oxygens (including phenoxy) is 1. The molecule has 6 nitrogen and oxygen atoms in total. The summed E-state index contributed by atoms with van der Waals surface area (Å²) in [6, 6.07) is 0. The fourth-order valence-corrected chi connectivity index (χ4v) is 1.63. The van der Waals surface area contributed by atoms with Gasteiger partial charge in [0.1, 0.15) is 5.82 Å². The van der Waals surface area contributed by atoms with Gasteiger partial charge >= 0.3 is 5.97 Å². The number of aromatic nitrogens is 3. The van der Waals surface area contributed by atoms with Crippen molar-refractivity contribution in [2.24, 2.45) is 11.7 Å². The Morgan fingerprint density at radius 1 is 1.53 bits per heavy atom. The van der Waals surface area contributed by atoms with E-state index in [-0.39, 0.29) is 11.7 Å². The molecule has 1 rings (SSSR count). The summed E-state index contributed by atoms with van der Waals surface area (Å²) in [5.41, 5.74) is 5.69. The summed E-state index contributed by atoms with van der Waals surface area (Å²) >= 11 is 0. The monoisotopic (exact) mass is 240 g/mol. The smallest absolute Gasteiger partial charge is 0.378 e. The summed E-state index contributed by atoms with van der Waals surface area (Å²) in [6.45, 7) is 6.77. The zero-order chi connectivity index (χ0) is 12.8. The number of nitrogens with one attached hydrogen (secondary N) is 1. The van der Waals surface area contributed by atoms with Crippen LogP contribution in [-0.2, 0) is 4.74 Å². The maximum absolute atomic E-state index is 11.4. The number of carbonyl (C=O) groups is 1. The van der Waals surface area contributed by atoms with Gasteiger partial charge in [-0.1, -0.05) is 13.8 Å². The van der Waals surface area contributed by atoms with Crippen molar-refractivity contribution >= 4 is 5.97 Å². The fraction of sp³-hybridized carbons (Fsp3) is 0.727. The van der Waals surface area contributed by atoms with Crippen molar-refractivity contribution in [3.05, 3.63) is 11.6 Å².